The number of sulfonamides is 1. The Bertz CT molecular complexity index is 939. The molecule has 1 aliphatic rings. The molecule has 0 spiro atoms. The summed E-state index contributed by atoms with van der Waals surface area (Å²) in [6.07, 6.45) is 0. The van der Waals surface area contributed by atoms with Gasteiger partial charge in [0.05, 0.1) is 17.6 Å². The van der Waals surface area contributed by atoms with Crippen LogP contribution in [0, 0.1) is 0 Å². The molecule has 7 nitrogen and oxygen atoms in total. The minimum absolute atomic E-state index is 0.106. The molecule has 1 fully saturated rings. The van der Waals surface area contributed by atoms with E-state index in [1.54, 1.807) is 12.1 Å². The highest BCUT2D eigenvalue weighted by Crippen LogP contribution is 2.25. The average molecular weight is 411 g/mol. The number of nitrogens with zero attached hydrogens (tertiary/aromatic N) is 2. The molecule has 1 N–H and O–H groups in total. The second-order valence-corrected chi connectivity index (χ2v) is 8.41. The normalized spacial score (nSPS) is 15.6. The maximum absolute atomic E-state index is 12.8. The molecular weight excluding hydrogens is 392 g/mol. The van der Waals surface area contributed by atoms with E-state index in [1.165, 1.54) is 46.6 Å². The van der Waals surface area contributed by atoms with Crippen LogP contribution >= 0.6 is 11.6 Å². The van der Waals surface area contributed by atoms with Gasteiger partial charge in [-0.15, -0.1) is 0 Å². The maximum atomic E-state index is 12.8. The Kier molecular flexibility index (Phi) is 5.59. The zero-order chi connectivity index (χ0) is 19.6. The van der Waals surface area contributed by atoms with Crippen molar-refractivity contribution in [3.8, 4) is 11.5 Å². The Morgan fingerprint density at radius 3 is 2.30 bits per heavy atom. The van der Waals surface area contributed by atoms with E-state index in [1.807, 2.05) is 0 Å². The van der Waals surface area contributed by atoms with Gasteiger partial charge < -0.3 is 14.7 Å². The highest BCUT2D eigenvalue weighted by atomic mass is 35.5. The lowest BCUT2D eigenvalue weighted by Crippen LogP contribution is -2.50. The van der Waals surface area contributed by atoms with Crippen LogP contribution in [0.2, 0.25) is 5.02 Å². The molecule has 9 heteroatoms. The van der Waals surface area contributed by atoms with E-state index in [0.29, 0.717) is 10.8 Å². The number of ether oxygens (including phenoxy) is 1. The Hall–Kier alpha value is -2.29. The number of halogens is 1. The van der Waals surface area contributed by atoms with Gasteiger partial charge in [0.25, 0.3) is 5.91 Å². The highest BCUT2D eigenvalue weighted by molar-refractivity contribution is 7.89. The Balaban J connectivity index is 1.70. The summed E-state index contributed by atoms with van der Waals surface area (Å²) in [5.41, 5.74) is 0.106. The van der Waals surface area contributed by atoms with Gasteiger partial charge in [0, 0.05) is 31.2 Å². The number of rotatable bonds is 4. The molecule has 1 heterocycles. The van der Waals surface area contributed by atoms with Gasteiger partial charge in [-0.2, -0.15) is 4.31 Å². The van der Waals surface area contributed by atoms with Crippen LogP contribution in [0.1, 0.15) is 10.4 Å². The zero-order valence-corrected chi connectivity index (χ0v) is 16.2. The average Bonchev–Trinajstić information content (AvgIpc) is 2.69. The van der Waals surface area contributed by atoms with Gasteiger partial charge in [0.15, 0.2) is 0 Å². The van der Waals surface area contributed by atoms with Crippen LogP contribution < -0.4 is 4.74 Å². The van der Waals surface area contributed by atoms with Crippen molar-refractivity contribution in [1.82, 2.24) is 9.21 Å². The summed E-state index contributed by atoms with van der Waals surface area (Å²) < 4.78 is 31.9. The predicted molar refractivity (Wildman–Crippen MR) is 101 cm³/mol. The fourth-order valence-corrected chi connectivity index (χ4v) is 4.47. The number of phenols is 1. The predicted octanol–water partition coefficient (Wildman–Crippen LogP) is 2.20. The summed E-state index contributed by atoms with van der Waals surface area (Å²) in [5.74, 6) is 0.0416. The van der Waals surface area contributed by atoms with Crippen LogP contribution in [-0.2, 0) is 10.0 Å². The third-order valence-electron chi connectivity index (χ3n) is 4.41. The molecule has 2 aromatic rings. The zero-order valence-electron chi connectivity index (χ0n) is 14.6. The number of benzene rings is 2. The van der Waals surface area contributed by atoms with E-state index in [0.717, 1.165) is 0 Å². The summed E-state index contributed by atoms with van der Waals surface area (Å²) in [7, 11) is -2.13. The molecule has 0 atom stereocenters. The lowest BCUT2D eigenvalue weighted by molar-refractivity contribution is 0.0695. The largest absolute Gasteiger partial charge is 0.507 e. The SMILES string of the molecule is COc1ccc(S(=O)(=O)N2CCN(C(=O)c3cc(Cl)ccc3O)CC2)cc1. The van der Waals surface area contributed by atoms with Crippen molar-refractivity contribution < 1.29 is 23.1 Å². The standard InChI is InChI=1S/C18H19ClN2O5S/c1-26-14-3-5-15(6-4-14)27(24,25)21-10-8-20(9-11-21)18(23)16-12-13(19)2-7-17(16)22/h2-7,12,22H,8-11H2,1H3. The van der Waals surface area contributed by atoms with Crippen molar-refractivity contribution in [2.24, 2.45) is 0 Å². The van der Waals surface area contributed by atoms with Crippen LogP contribution in [0.15, 0.2) is 47.4 Å². The number of piperazine rings is 1. The third-order valence-corrected chi connectivity index (χ3v) is 6.56. The lowest BCUT2D eigenvalue weighted by Gasteiger charge is -2.34. The summed E-state index contributed by atoms with van der Waals surface area (Å²) in [6.45, 7) is 0.781. The first-order valence-electron chi connectivity index (χ1n) is 8.25. The molecule has 3 rings (SSSR count). The van der Waals surface area contributed by atoms with E-state index in [9.17, 15) is 18.3 Å². The van der Waals surface area contributed by atoms with Crippen LogP contribution in [0.5, 0.6) is 11.5 Å². The van der Waals surface area contributed by atoms with Crippen molar-refractivity contribution in [2.75, 3.05) is 33.3 Å². The van der Waals surface area contributed by atoms with Gasteiger partial charge in [-0.3, -0.25) is 4.79 Å². The van der Waals surface area contributed by atoms with Crippen LogP contribution in [0.25, 0.3) is 0 Å². The number of aromatic hydroxyl groups is 1. The van der Waals surface area contributed by atoms with Gasteiger partial charge in [0.1, 0.15) is 11.5 Å². The Morgan fingerprint density at radius 2 is 1.70 bits per heavy atom. The Morgan fingerprint density at radius 1 is 1.07 bits per heavy atom. The number of phenolic OH excluding ortho intramolecular Hbond substituents is 1. The van der Waals surface area contributed by atoms with Gasteiger partial charge >= 0.3 is 0 Å². The number of methoxy groups -OCH3 is 1. The summed E-state index contributed by atoms with van der Waals surface area (Å²) in [6, 6.07) is 10.4. The number of carbonyl (C=O) groups is 1. The Labute approximate surface area is 162 Å². The van der Waals surface area contributed by atoms with Gasteiger partial charge in [-0.25, -0.2) is 8.42 Å². The second kappa shape index (κ2) is 7.75. The van der Waals surface area contributed by atoms with Gasteiger partial charge in [-0.05, 0) is 42.5 Å². The highest BCUT2D eigenvalue weighted by Gasteiger charge is 2.31. The van der Waals surface area contributed by atoms with E-state index >= 15 is 0 Å². The summed E-state index contributed by atoms with van der Waals surface area (Å²) in [5, 5.41) is 10.2. The number of hydrogen-bond acceptors (Lipinski definition) is 5. The van der Waals surface area contributed by atoms with E-state index < -0.39 is 10.0 Å². The number of amides is 1. The molecule has 27 heavy (non-hydrogen) atoms. The molecule has 0 unspecified atom stereocenters. The quantitative estimate of drug-likeness (QED) is 0.834. The van der Waals surface area contributed by atoms with Crippen LogP contribution in [-0.4, -0.2) is 61.9 Å². The molecule has 0 aromatic heterocycles. The van der Waals surface area contributed by atoms with Crippen molar-refractivity contribution in [3.05, 3.63) is 53.1 Å². The fraction of sp³-hybridized carbons (Fsp3) is 0.278. The first-order chi connectivity index (χ1) is 12.8. The van der Waals surface area contributed by atoms with Gasteiger partial charge in [-0.1, -0.05) is 11.6 Å². The smallest absolute Gasteiger partial charge is 0.257 e. The minimum atomic E-state index is -3.65. The van der Waals surface area contributed by atoms with E-state index in [2.05, 4.69) is 0 Å². The topological polar surface area (TPSA) is 87.2 Å². The third kappa shape index (κ3) is 4.02. The van der Waals surface area contributed by atoms with E-state index in [4.69, 9.17) is 16.3 Å². The molecule has 0 bridgehead atoms. The van der Waals surface area contributed by atoms with Crippen molar-refractivity contribution in [3.63, 3.8) is 0 Å². The van der Waals surface area contributed by atoms with E-state index in [-0.39, 0.29) is 48.3 Å². The van der Waals surface area contributed by atoms with Crippen LogP contribution in [0.4, 0.5) is 0 Å². The lowest BCUT2D eigenvalue weighted by atomic mass is 10.1. The van der Waals surface area contributed by atoms with Crippen LogP contribution in [0.3, 0.4) is 0 Å². The van der Waals surface area contributed by atoms with Crippen molar-refractivity contribution in [1.29, 1.82) is 0 Å². The van der Waals surface area contributed by atoms with Crippen molar-refractivity contribution in [2.45, 2.75) is 4.90 Å². The molecule has 144 valence electrons. The molecule has 0 radical (unpaired) electrons. The molecule has 0 saturated carbocycles. The molecule has 2 aromatic carbocycles. The monoisotopic (exact) mass is 410 g/mol. The maximum Gasteiger partial charge on any atom is 0.257 e. The summed E-state index contributed by atoms with van der Waals surface area (Å²) in [4.78, 5) is 14.3. The minimum Gasteiger partial charge on any atom is -0.507 e. The van der Waals surface area contributed by atoms with Crippen molar-refractivity contribution >= 4 is 27.5 Å². The molecule has 1 saturated heterocycles. The summed E-state index contributed by atoms with van der Waals surface area (Å²) >= 11 is 5.89. The molecule has 0 aliphatic carbocycles. The first kappa shape index (κ1) is 19.5. The molecule has 1 aliphatic heterocycles. The van der Waals surface area contributed by atoms with Gasteiger partial charge in [0.2, 0.25) is 10.0 Å². The number of hydrogen-bond donors (Lipinski definition) is 1. The second-order valence-electron chi connectivity index (χ2n) is 6.03. The molecule has 1 amide bonds. The number of carbonyl (C=O) groups excluding carboxylic acids is 1. The first-order valence-corrected chi connectivity index (χ1v) is 10.1. The fourth-order valence-electron chi connectivity index (χ4n) is 2.88. The molecular formula is C18H19ClN2O5S.